The Bertz CT molecular complexity index is 3210. The van der Waals surface area contributed by atoms with E-state index in [0.717, 1.165) is 22.7 Å². The SMILES string of the molecule is CC1(C)c2c(ccc3c2Sc2ccccc2S3)-c2ccc3c4ccccc4n(-c4ccc(N(c5ccc(-c6ccccc6)cc5)c5ccc(-c6ccccc6)cc5)cc4)c3c21. The lowest BCUT2D eigenvalue weighted by Gasteiger charge is -2.29. The van der Waals surface area contributed by atoms with Gasteiger partial charge in [0.05, 0.1) is 11.0 Å². The van der Waals surface area contributed by atoms with Gasteiger partial charge in [0.2, 0.25) is 0 Å². The second kappa shape index (κ2) is 14.2. The summed E-state index contributed by atoms with van der Waals surface area (Å²) in [5.41, 5.74) is 17.1. The highest BCUT2D eigenvalue weighted by Gasteiger charge is 2.42. The van der Waals surface area contributed by atoms with Crippen molar-refractivity contribution in [2.45, 2.75) is 38.8 Å². The van der Waals surface area contributed by atoms with Crippen LogP contribution in [0.3, 0.4) is 0 Å². The van der Waals surface area contributed by atoms with Gasteiger partial charge in [0, 0.05) is 58.5 Å². The summed E-state index contributed by atoms with van der Waals surface area (Å²) >= 11 is 3.84. The highest BCUT2D eigenvalue weighted by atomic mass is 32.2. The Morgan fingerprint density at radius 1 is 0.393 bits per heavy atom. The quantitative estimate of drug-likeness (QED) is 0.165. The van der Waals surface area contributed by atoms with Gasteiger partial charge in [-0.15, -0.1) is 0 Å². The van der Waals surface area contributed by atoms with Crippen molar-refractivity contribution in [1.82, 2.24) is 4.57 Å². The van der Waals surface area contributed by atoms with Crippen LogP contribution in [-0.2, 0) is 5.41 Å². The predicted octanol–water partition coefficient (Wildman–Crippen LogP) is 16.5. The summed E-state index contributed by atoms with van der Waals surface area (Å²) in [4.78, 5) is 7.80. The monoisotopic (exact) mass is 816 g/mol. The van der Waals surface area contributed by atoms with E-state index in [9.17, 15) is 0 Å². The second-order valence-electron chi connectivity index (χ2n) is 16.5. The third-order valence-electron chi connectivity index (χ3n) is 12.6. The summed E-state index contributed by atoms with van der Waals surface area (Å²) < 4.78 is 2.53. The molecule has 10 aromatic rings. The zero-order valence-corrected chi connectivity index (χ0v) is 35.5. The van der Waals surface area contributed by atoms with Gasteiger partial charge in [-0.25, -0.2) is 0 Å². The standard InChI is InChI=1S/C57H40N2S2/c1-57(2)53-46(47-35-36-52-56(54(47)57)61-51-20-12-11-19-50(51)60-52)33-34-48-45-17-9-10-18-49(45)59(55(48)53)44-31-29-43(30-32-44)58(41-25-21-39(22-26-41)37-13-5-3-6-14-37)42-27-23-40(24-28-42)38-15-7-4-8-16-38/h3-36H,1-2H3. The number of nitrogens with zero attached hydrogens (tertiary/aromatic N) is 2. The number of benzene rings is 9. The molecule has 1 aromatic heterocycles. The van der Waals surface area contributed by atoms with Crippen molar-refractivity contribution >= 4 is 62.4 Å². The molecule has 0 saturated heterocycles. The highest BCUT2D eigenvalue weighted by Crippen LogP contribution is 2.60. The predicted molar refractivity (Wildman–Crippen MR) is 259 cm³/mol. The molecule has 2 aliphatic rings. The molecule has 61 heavy (non-hydrogen) atoms. The van der Waals surface area contributed by atoms with Crippen LogP contribution in [-0.4, -0.2) is 4.57 Å². The second-order valence-corrected chi connectivity index (χ2v) is 18.6. The average molecular weight is 817 g/mol. The van der Waals surface area contributed by atoms with Crippen LogP contribution < -0.4 is 4.90 Å². The maximum Gasteiger partial charge on any atom is 0.0588 e. The lowest BCUT2D eigenvalue weighted by atomic mass is 9.81. The smallest absolute Gasteiger partial charge is 0.0588 e. The molecule has 0 N–H and O–H groups in total. The Labute approximate surface area is 365 Å². The number of aromatic nitrogens is 1. The van der Waals surface area contributed by atoms with Gasteiger partial charge in [0.25, 0.3) is 0 Å². The first-order chi connectivity index (χ1) is 30.0. The minimum Gasteiger partial charge on any atom is -0.311 e. The molecule has 1 aliphatic heterocycles. The molecule has 0 saturated carbocycles. The van der Waals surface area contributed by atoms with Crippen LogP contribution in [0.1, 0.15) is 25.0 Å². The van der Waals surface area contributed by atoms with Crippen molar-refractivity contribution in [2.24, 2.45) is 0 Å². The van der Waals surface area contributed by atoms with Gasteiger partial charge in [-0.3, -0.25) is 0 Å². The lowest BCUT2D eigenvalue weighted by Crippen LogP contribution is -2.18. The fraction of sp³-hybridized carbons (Fsp3) is 0.0526. The zero-order chi connectivity index (χ0) is 40.7. The number of para-hydroxylation sites is 1. The first-order valence-electron chi connectivity index (χ1n) is 20.9. The molecule has 0 spiro atoms. The normalized spacial score (nSPS) is 13.4. The Balaban J connectivity index is 0.993. The van der Waals surface area contributed by atoms with E-state index >= 15 is 0 Å². The van der Waals surface area contributed by atoms with Crippen LogP contribution in [0, 0.1) is 0 Å². The number of rotatable bonds is 6. The van der Waals surface area contributed by atoms with Crippen molar-refractivity contribution in [1.29, 1.82) is 0 Å². The minimum atomic E-state index is -0.226. The molecular weight excluding hydrogens is 777 g/mol. The van der Waals surface area contributed by atoms with E-state index in [1.807, 2.05) is 23.5 Å². The van der Waals surface area contributed by atoms with E-state index in [-0.39, 0.29) is 5.41 Å². The number of anilines is 3. The third-order valence-corrected chi connectivity index (χ3v) is 15.2. The molecule has 2 nitrogen and oxygen atoms in total. The van der Waals surface area contributed by atoms with Gasteiger partial charge in [-0.2, -0.15) is 0 Å². The summed E-state index contributed by atoms with van der Waals surface area (Å²) in [6.45, 7) is 4.89. The van der Waals surface area contributed by atoms with E-state index in [0.29, 0.717) is 0 Å². The summed E-state index contributed by atoms with van der Waals surface area (Å²) in [5.74, 6) is 0. The van der Waals surface area contributed by atoms with Gasteiger partial charge in [0.15, 0.2) is 0 Å². The van der Waals surface area contributed by atoms with Crippen molar-refractivity contribution in [2.75, 3.05) is 4.90 Å². The molecule has 0 unspecified atom stereocenters. The summed E-state index contributed by atoms with van der Waals surface area (Å²) in [5, 5.41) is 2.56. The largest absolute Gasteiger partial charge is 0.311 e. The van der Waals surface area contributed by atoms with Gasteiger partial charge in [0.1, 0.15) is 0 Å². The van der Waals surface area contributed by atoms with E-state index in [2.05, 4.69) is 230 Å². The van der Waals surface area contributed by atoms with Crippen LogP contribution in [0.4, 0.5) is 17.1 Å². The van der Waals surface area contributed by atoms with E-state index in [4.69, 9.17) is 0 Å². The van der Waals surface area contributed by atoms with Crippen molar-refractivity contribution in [3.8, 4) is 39.1 Å². The summed E-state index contributed by atoms with van der Waals surface area (Å²) in [6, 6.07) is 75.5. The fourth-order valence-corrected chi connectivity index (χ4v) is 12.4. The van der Waals surface area contributed by atoms with Gasteiger partial charge in [-0.1, -0.05) is 171 Å². The maximum absolute atomic E-state index is 2.53. The molecule has 0 atom stereocenters. The van der Waals surface area contributed by atoms with Crippen LogP contribution in [0.5, 0.6) is 0 Å². The molecular formula is C57H40N2S2. The van der Waals surface area contributed by atoms with Gasteiger partial charge < -0.3 is 9.47 Å². The van der Waals surface area contributed by atoms with Crippen molar-refractivity contribution in [3.05, 3.63) is 217 Å². The van der Waals surface area contributed by atoms with E-state index in [1.54, 1.807) is 0 Å². The number of hydrogen-bond donors (Lipinski definition) is 0. The number of fused-ring (bicyclic) bond motifs is 10. The Kier molecular flexibility index (Phi) is 8.42. The Hall–Kier alpha value is -6.72. The number of hydrogen-bond acceptors (Lipinski definition) is 3. The molecule has 0 fully saturated rings. The van der Waals surface area contributed by atoms with Crippen molar-refractivity contribution in [3.63, 3.8) is 0 Å². The van der Waals surface area contributed by atoms with Gasteiger partial charge >= 0.3 is 0 Å². The zero-order valence-electron chi connectivity index (χ0n) is 33.8. The topological polar surface area (TPSA) is 8.17 Å². The average Bonchev–Trinajstić information content (AvgIpc) is 3.78. The maximum atomic E-state index is 2.53. The lowest BCUT2D eigenvalue weighted by molar-refractivity contribution is 0.645. The van der Waals surface area contributed by atoms with E-state index in [1.165, 1.54) is 85.9 Å². The van der Waals surface area contributed by atoms with E-state index < -0.39 is 0 Å². The molecule has 0 bridgehead atoms. The first kappa shape index (κ1) is 36.2. The molecule has 0 radical (unpaired) electrons. The minimum absolute atomic E-state index is 0.226. The highest BCUT2D eigenvalue weighted by molar-refractivity contribution is 8.05. The Morgan fingerprint density at radius 2 is 0.885 bits per heavy atom. The summed E-state index contributed by atoms with van der Waals surface area (Å²) in [6.07, 6.45) is 0. The van der Waals surface area contributed by atoms with Crippen molar-refractivity contribution < 1.29 is 0 Å². The Morgan fingerprint density at radius 3 is 1.51 bits per heavy atom. The van der Waals surface area contributed by atoms with Crippen LogP contribution in [0.25, 0.3) is 60.9 Å². The molecule has 9 aromatic carbocycles. The molecule has 2 heterocycles. The molecule has 4 heteroatoms. The molecule has 290 valence electrons. The van der Waals surface area contributed by atoms with Crippen LogP contribution in [0.15, 0.2) is 226 Å². The van der Waals surface area contributed by atoms with Gasteiger partial charge in [-0.05, 0) is 117 Å². The summed E-state index contributed by atoms with van der Waals surface area (Å²) in [7, 11) is 0. The van der Waals surface area contributed by atoms with Crippen LogP contribution in [0.2, 0.25) is 0 Å². The third kappa shape index (κ3) is 5.81. The molecule has 0 amide bonds. The fourth-order valence-electron chi connectivity index (χ4n) is 9.81. The molecule has 1 aliphatic carbocycles. The molecule has 12 rings (SSSR count). The first-order valence-corrected chi connectivity index (χ1v) is 22.6. The van der Waals surface area contributed by atoms with Crippen LogP contribution >= 0.6 is 23.5 Å².